The molecule has 2 rings (SSSR count). The third-order valence-corrected chi connectivity index (χ3v) is 4.80. The van der Waals surface area contributed by atoms with Crippen molar-refractivity contribution < 1.29 is 12.8 Å². The average Bonchev–Trinajstić information content (AvgIpc) is 2.40. The zero-order valence-electron chi connectivity index (χ0n) is 10.3. The van der Waals surface area contributed by atoms with Gasteiger partial charge in [-0.25, -0.2) is 17.5 Å². The van der Waals surface area contributed by atoms with Gasteiger partial charge in [0.2, 0.25) is 10.0 Å². The minimum Gasteiger partial charge on any atom is -0.399 e. The lowest BCUT2D eigenvalue weighted by molar-refractivity contribution is 0.580. The number of nitrogen functional groups attached to an aromatic ring is 1. The molecule has 0 heterocycles. The Morgan fingerprint density at radius 1 is 1.20 bits per heavy atom. The molecule has 0 bridgehead atoms. The van der Waals surface area contributed by atoms with Crippen LogP contribution >= 0.6 is 15.9 Å². The molecule has 0 aromatic heterocycles. The van der Waals surface area contributed by atoms with Crippen molar-refractivity contribution in [3.05, 3.63) is 58.3 Å². The molecule has 3 N–H and O–H groups in total. The van der Waals surface area contributed by atoms with E-state index in [0.29, 0.717) is 15.7 Å². The SMILES string of the molecule is Nc1cccc(S(=O)(=O)NCc2cc(F)ccc2Br)c1. The van der Waals surface area contributed by atoms with E-state index in [1.807, 2.05) is 0 Å². The second-order valence-corrected chi connectivity index (χ2v) is 6.75. The van der Waals surface area contributed by atoms with Gasteiger partial charge in [0.05, 0.1) is 4.90 Å². The van der Waals surface area contributed by atoms with Crippen LogP contribution in [0.3, 0.4) is 0 Å². The molecule has 0 saturated heterocycles. The Hall–Kier alpha value is -1.44. The van der Waals surface area contributed by atoms with Gasteiger partial charge in [-0.3, -0.25) is 0 Å². The van der Waals surface area contributed by atoms with Crippen LogP contribution in [-0.4, -0.2) is 8.42 Å². The number of halogens is 2. The number of rotatable bonds is 4. The quantitative estimate of drug-likeness (QED) is 0.825. The van der Waals surface area contributed by atoms with Gasteiger partial charge in [0.15, 0.2) is 0 Å². The molecule has 2 aromatic rings. The molecule has 20 heavy (non-hydrogen) atoms. The van der Waals surface area contributed by atoms with E-state index in [0.717, 1.165) is 0 Å². The molecule has 0 fully saturated rings. The second-order valence-electron chi connectivity index (χ2n) is 4.13. The van der Waals surface area contributed by atoms with Crippen molar-refractivity contribution in [1.82, 2.24) is 4.72 Å². The third-order valence-electron chi connectivity index (χ3n) is 2.63. The van der Waals surface area contributed by atoms with E-state index in [1.54, 1.807) is 12.1 Å². The Morgan fingerprint density at radius 2 is 1.95 bits per heavy atom. The molecular formula is C13H12BrFN2O2S. The molecule has 4 nitrogen and oxygen atoms in total. The second kappa shape index (κ2) is 5.90. The Balaban J connectivity index is 2.19. The standard InChI is InChI=1S/C13H12BrFN2O2S/c14-13-5-4-10(15)6-9(13)8-17-20(18,19)12-3-1-2-11(16)7-12/h1-7,17H,8,16H2. The fourth-order valence-corrected chi connectivity index (χ4v) is 3.06. The topological polar surface area (TPSA) is 72.2 Å². The van der Waals surface area contributed by atoms with Gasteiger partial charge in [-0.2, -0.15) is 0 Å². The van der Waals surface area contributed by atoms with Crippen molar-refractivity contribution >= 4 is 31.6 Å². The number of anilines is 1. The van der Waals surface area contributed by atoms with E-state index in [1.165, 1.54) is 30.3 Å². The van der Waals surface area contributed by atoms with Gasteiger partial charge < -0.3 is 5.73 Å². The molecule has 0 aliphatic rings. The van der Waals surface area contributed by atoms with Gasteiger partial charge in [-0.05, 0) is 42.0 Å². The molecule has 0 unspecified atom stereocenters. The van der Waals surface area contributed by atoms with Crippen LogP contribution in [0.4, 0.5) is 10.1 Å². The lowest BCUT2D eigenvalue weighted by Gasteiger charge is -2.09. The van der Waals surface area contributed by atoms with Gasteiger partial charge in [0, 0.05) is 16.7 Å². The first kappa shape index (κ1) is 15.0. The summed E-state index contributed by atoms with van der Waals surface area (Å²) in [4.78, 5) is 0.0741. The number of hydrogen-bond donors (Lipinski definition) is 2. The van der Waals surface area contributed by atoms with Crippen molar-refractivity contribution in [2.45, 2.75) is 11.4 Å². The lowest BCUT2D eigenvalue weighted by atomic mass is 10.2. The molecule has 0 radical (unpaired) electrons. The Bertz CT molecular complexity index is 735. The summed E-state index contributed by atoms with van der Waals surface area (Å²) in [5.74, 6) is -0.425. The molecule has 106 valence electrons. The minimum absolute atomic E-state index is 0.0184. The highest BCUT2D eigenvalue weighted by Gasteiger charge is 2.14. The summed E-state index contributed by atoms with van der Waals surface area (Å²) in [6.07, 6.45) is 0. The van der Waals surface area contributed by atoms with E-state index in [4.69, 9.17) is 5.73 Å². The molecule has 0 amide bonds. The van der Waals surface area contributed by atoms with Gasteiger partial charge in [0.25, 0.3) is 0 Å². The number of benzene rings is 2. The predicted molar refractivity (Wildman–Crippen MR) is 79.0 cm³/mol. The summed E-state index contributed by atoms with van der Waals surface area (Å²) in [5, 5.41) is 0. The molecule has 0 aliphatic carbocycles. The Kier molecular flexibility index (Phi) is 4.42. The summed E-state index contributed by atoms with van der Waals surface area (Å²) >= 11 is 3.24. The minimum atomic E-state index is -3.68. The maximum Gasteiger partial charge on any atom is 0.240 e. The van der Waals surface area contributed by atoms with Crippen LogP contribution in [0.1, 0.15) is 5.56 Å². The molecule has 0 atom stereocenters. The summed E-state index contributed by atoms with van der Waals surface area (Å²) < 4.78 is 40.3. The Morgan fingerprint density at radius 3 is 2.65 bits per heavy atom. The summed E-state index contributed by atoms with van der Waals surface area (Å²) in [5.41, 5.74) is 6.43. The van der Waals surface area contributed by atoms with Crippen LogP contribution in [0.2, 0.25) is 0 Å². The van der Waals surface area contributed by atoms with Crippen molar-refractivity contribution in [1.29, 1.82) is 0 Å². The number of sulfonamides is 1. The van der Waals surface area contributed by atoms with Gasteiger partial charge in [0.1, 0.15) is 5.82 Å². The summed E-state index contributed by atoms with van der Waals surface area (Å²) in [6, 6.07) is 10.1. The predicted octanol–water partition coefficient (Wildman–Crippen LogP) is 2.65. The van der Waals surface area contributed by atoms with E-state index in [9.17, 15) is 12.8 Å². The van der Waals surface area contributed by atoms with Gasteiger partial charge in [-0.1, -0.05) is 22.0 Å². The lowest BCUT2D eigenvalue weighted by Crippen LogP contribution is -2.23. The summed E-state index contributed by atoms with van der Waals surface area (Å²) in [6.45, 7) is -0.0184. The van der Waals surface area contributed by atoms with Crippen LogP contribution in [0.15, 0.2) is 51.8 Å². The maximum absolute atomic E-state index is 13.1. The highest BCUT2D eigenvalue weighted by Crippen LogP contribution is 2.19. The van der Waals surface area contributed by atoms with Crippen molar-refractivity contribution in [3.63, 3.8) is 0 Å². The van der Waals surface area contributed by atoms with E-state index < -0.39 is 15.8 Å². The van der Waals surface area contributed by atoms with Gasteiger partial charge in [-0.15, -0.1) is 0 Å². The molecule has 0 aliphatic heterocycles. The van der Waals surface area contributed by atoms with Crippen molar-refractivity contribution in [2.75, 3.05) is 5.73 Å². The summed E-state index contributed by atoms with van der Waals surface area (Å²) in [7, 11) is -3.68. The Labute approximate surface area is 125 Å². The maximum atomic E-state index is 13.1. The van der Waals surface area contributed by atoms with E-state index in [2.05, 4.69) is 20.7 Å². The largest absolute Gasteiger partial charge is 0.399 e. The molecule has 2 aromatic carbocycles. The van der Waals surface area contributed by atoms with Crippen LogP contribution in [0.25, 0.3) is 0 Å². The first-order chi connectivity index (χ1) is 9.38. The highest BCUT2D eigenvalue weighted by atomic mass is 79.9. The normalized spacial score (nSPS) is 11.5. The van der Waals surface area contributed by atoms with Gasteiger partial charge >= 0.3 is 0 Å². The third kappa shape index (κ3) is 3.56. The van der Waals surface area contributed by atoms with Crippen molar-refractivity contribution in [3.8, 4) is 0 Å². The zero-order chi connectivity index (χ0) is 14.8. The first-order valence-electron chi connectivity index (χ1n) is 5.67. The number of nitrogens with one attached hydrogen (secondary N) is 1. The van der Waals surface area contributed by atoms with Crippen LogP contribution < -0.4 is 10.5 Å². The monoisotopic (exact) mass is 358 g/mol. The average molecular weight is 359 g/mol. The van der Waals surface area contributed by atoms with Crippen molar-refractivity contribution in [2.24, 2.45) is 0 Å². The zero-order valence-corrected chi connectivity index (χ0v) is 12.7. The fourth-order valence-electron chi connectivity index (χ4n) is 1.62. The molecule has 0 spiro atoms. The molecule has 7 heteroatoms. The van der Waals surface area contributed by atoms with Crippen LogP contribution in [0, 0.1) is 5.82 Å². The first-order valence-corrected chi connectivity index (χ1v) is 7.95. The fraction of sp³-hybridized carbons (Fsp3) is 0.0769. The molecule has 0 saturated carbocycles. The smallest absolute Gasteiger partial charge is 0.240 e. The molecular weight excluding hydrogens is 347 g/mol. The number of nitrogens with two attached hydrogens (primary N) is 1. The number of hydrogen-bond acceptors (Lipinski definition) is 3. The van der Waals surface area contributed by atoms with Crippen LogP contribution in [-0.2, 0) is 16.6 Å². The highest BCUT2D eigenvalue weighted by molar-refractivity contribution is 9.10. The van der Waals surface area contributed by atoms with E-state index >= 15 is 0 Å². The van der Waals surface area contributed by atoms with E-state index in [-0.39, 0.29) is 11.4 Å². The van der Waals surface area contributed by atoms with Crippen LogP contribution in [0.5, 0.6) is 0 Å².